The number of nitrogens with zero attached hydrogens (tertiary/aromatic N) is 4. The van der Waals surface area contributed by atoms with Crippen LogP contribution in [0.3, 0.4) is 0 Å². The van der Waals surface area contributed by atoms with Crippen molar-refractivity contribution >= 4 is 21.8 Å². The van der Waals surface area contributed by atoms with Crippen LogP contribution in [0.25, 0.3) is 0 Å². The first-order valence-corrected chi connectivity index (χ1v) is 11.1. The van der Waals surface area contributed by atoms with Gasteiger partial charge in [-0.05, 0) is 53.4 Å². The van der Waals surface area contributed by atoms with Crippen molar-refractivity contribution in [2.24, 2.45) is 0 Å². The molecular weight excluding hydrogens is 444 g/mol. The van der Waals surface area contributed by atoms with Crippen LogP contribution < -0.4 is 5.69 Å². The lowest BCUT2D eigenvalue weighted by Gasteiger charge is -2.31. The summed E-state index contributed by atoms with van der Waals surface area (Å²) in [5.74, 6) is 1.06. The molecule has 0 atom stereocenters. The largest absolute Gasteiger partial charge is 0.346 e. The molecular formula is C23H25BrN4O2. The third kappa shape index (κ3) is 4.12. The van der Waals surface area contributed by atoms with Gasteiger partial charge in [-0.25, -0.2) is 9.48 Å². The molecule has 1 aromatic heterocycles. The van der Waals surface area contributed by atoms with E-state index in [9.17, 15) is 9.59 Å². The minimum atomic E-state index is -0.0666. The molecule has 0 saturated carbocycles. The molecule has 6 nitrogen and oxygen atoms in total. The van der Waals surface area contributed by atoms with E-state index >= 15 is 0 Å². The molecule has 3 aromatic rings. The summed E-state index contributed by atoms with van der Waals surface area (Å²) < 4.78 is 4.16. The molecule has 0 bridgehead atoms. The van der Waals surface area contributed by atoms with E-state index in [1.807, 2.05) is 66.4 Å². The maximum absolute atomic E-state index is 12.9. The first kappa shape index (κ1) is 20.6. The molecule has 0 radical (unpaired) electrons. The molecule has 0 N–H and O–H groups in total. The van der Waals surface area contributed by atoms with Crippen LogP contribution in [0.1, 0.15) is 47.4 Å². The second-order valence-corrected chi connectivity index (χ2v) is 8.43. The van der Waals surface area contributed by atoms with Crippen LogP contribution in [0.5, 0.6) is 0 Å². The molecule has 0 aliphatic carbocycles. The van der Waals surface area contributed by atoms with Crippen LogP contribution in [0.4, 0.5) is 0 Å². The number of amides is 1. The second-order valence-electron chi connectivity index (χ2n) is 7.57. The Hall–Kier alpha value is -2.67. The Morgan fingerprint density at radius 2 is 1.73 bits per heavy atom. The van der Waals surface area contributed by atoms with Crippen LogP contribution in [-0.4, -0.2) is 38.2 Å². The van der Waals surface area contributed by atoms with Crippen molar-refractivity contribution in [1.29, 1.82) is 0 Å². The lowest BCUT2D eigenvalue weighted by atomic mass is 9.95. The molecule has 1 amide bonds. The number of carbonyl (C=O) groups is 1. The van der Waals surface area contributed by atoms with Gasteiger partial charge in [0, 0.05) is 30.0 Å². The summed E-state index contributed by atoms with van der Waals surface area (Å²) in [5, 5.41) is 4.70. The van der Waals surface area contributed by atoms with Crippen molar-refractivity contribution < 1.29 is 4.79 Å². The fourth-order valence-corrected chi connectivity index (χ4v) is 4.52. The number of hydrogen-bond acceptors (Lipinski definition) is 3. The Bertz CT molecular complexity index is 1080. The Balaban J connectivity index is 1.49. The number of rotatable bonds is 5. The lowest BCUT2D eigenvalue weighted by Crippen LogP contribution is -2.38. The van der Waals surface area contributed by atoms with Crippen LogP contribution in [-0.2, 0) is 13.1 Å². The Kier molecular flexibility index (Phi) is 6.18. The molecule has 30 heavy (non-hydrogen) atoms. The zero-order chi connectivity index (χ0) is 21.1. The van der Waals surface area contributed by atoms with Gasteiger partial charge in [-0.3, -0.25) is 9.36 Å². The molecule has 2 heterocycles. The number of halogens is 1. The van der Waals surface area contributed by atoms with Gasteiger partial charge >= 0.3 is 5.69 Å². The smallest absolute Gasteiger partial charge is 0.339 e. The number of piperidine rings is 1. The first-order valence-electron chi connectivity index (χ1n) is 10.3. The van der Waals surface area contributed by atoms with Crippen LogP contribution in [0.15, 0.2) is 63.9 Å². The second kappa shape index (κ2) is 9.00. The number of carbonyl (C=O) groups excluding carboxylic acids is 1. The predicted octanol–water partition coefficient (Wildman–Crippen LogP) is 3.90. The Morgan fingerprint density at radius 3 is 2.40 bits per heavy atom. The SMILES string of the molecule is CCn1c(C2CCN(C(=O)c3ccccc3Br)CC2)nn(Cc2ccccc2)c1=O. The normalized spacial score (nSPS) is 14.8. The molecule has 156 valence electrons. The Labute approximate surface area is 184 Å². The van der Waals surface area contributed by atoms with Crippen molar-refractivity contribution in [2.45, 2.75) is 38.8 Å². The van der Waals surface area contributed by atoms with Gasteiger partial charge in [0.05, 0.1) is 12.1 Å². The molecule has 0 unspecified atom stereocenters. The maximum atomic E-state index is 12.9. The average molecular weight is 469 g/mol. The van der Waals surface area contributed by atoms with E-state index in [1.165, 1.54) is 0 Å². The van der Waals surface area contributed by atoms with Crippen molar-refractivity contribution in [3.8, 4) is 0 Å². The summed E-state index contributed by atoms with van der Waals surface area (Å²) in [6, 6.07) is 17.4. The summed E-state index contributed by atoms with van der Waals surface area (Å²) >= 11 is 3.47. The maximum Gasteiger partial charge on any atom is 0.346 e. The molecule has 2 aromatic carbocycles. The highest BCUT2D eigenvalue weighted by Crippen LogP contribution is 2.28. The zero-order valence-electron chi connectivity index (χ0n) is 17.0. The summed E-state index contributed by atoms with van der Waals surface area (Å²) in [5.41, 5.74) is 1.68. The number of hydrogen-bond donors (Lipinski definition) is 0. The highest BCUT2D eigenvalue weighted by Gasteiger charge is 2.29. The van der Waals surface area contributed by atoms with E-state index in [0.29, 0.717) is 31.7 Å². The van der Waals surface area contributed by atoms with E-state index in [4.69, 9.17) is 5.10 Å². The van der Waals surface area contributed by atoms with Crippen molar-refractivity contribution in [1.82, 2.24) is 19.2 Å². The summed E-state index contributed by atoms with van der Waals surface area (Å²) in [4.78, 5) is 27.6. The standard InChI is InChI=1S/C23H25BrN4O2/c1-2-27-21(25-28(23(27)30)16-17-8-4-3-5-9-17)18-12-14-26(15-13-18)22(29)19-10-6-7-11-20(19)24/h3-11,18H,2,12-16H2,1H3. The molecule has 1 fully saturated rings. The van der Waals surface area contributed by atoms with Crippen molar-refractivity contribution in [3.63, 3.8) is 0 Å². The summed E-state index contributed by atoms with van der Waals surface area (Å²) in [6.07, 6.45) is 1.61. The van der Waals surface area contributed by atoms with E-state index in [0.717, 1.165) is 28.7 Å². The van der Waals surface area contributed by atoms with Crippen molar-refractivity contribution in [2.75, 3.05) is 13.1 Å². The molecule has 1 aliphatic rings. The van der Waals surface area contributed by atoms with Gasteiger partial charge in [0.2, 0.25) is 0 Å². The zero-order valence-corrected chi connectivity index (χ0v) is 18.6. The van der Waals surface area contributed by atoms with Crippen molar-refractivity contribution in [3.05, 3.63) is 86.5 Å². The predicted molar refractivity (Wildman–Crippen MR) is 120 cm³/mol. The van der Waals surface area contributed by atoms with Crippen LogP contribution >= 0.6 is 15.9 Å². The summed E-state index contributed by atoms with van der Waals surface area (Å²) in [6.45, 7) is 4.37. The number of benzene rings is 2. The fourth-order valence-electron chi connectivity index (χ4n) is 4.06. The van der Waals surface area contributed by atoms with E-state index in [2.05, 4.69) is 15.9 Å². The monoisotopic (exact) mass is 468 g/mol. The quantitative estimate of drug-likeness (QED) is 0.570. The lowest BCUT2D eigenvalue weighted by molar-refractivity contribution is 0.0709. The number of likely N-dealkylation sites (tertiary alicyclic amines) is 1. The third-order valence-corrected chi connectivity index (χ3v) is 6.39. The van der Waals surface area contributed by atoms with Gasteiger partial charge in [0.1, 0.15) is 5.82 Å². The topological polar surface area (TPSA) is 60.1 Å². The molecule has 7 heteroatoms. The highest BCUT2D eigenvalue weighted by atomic mass is 79.9. The first-order chi connectivity index (χ1) is 14.6. The molecule has 1 saturated heterocycles. The minimum absolute atomic E-state index is 0.0448. The van der Waals surface area contributed by atoms with Gasteiger partial charge in [-0.1, -0.05) is 42.5 Å². The minimum Gasteiger partial charge on any atom is -0.339 e. The van der Waals surface area contributed by atoms with Gasteiger partial charge in [-0.2, -0.15) is 5.10 Å². The molecule has 4 rings (SSSR count). The highest BCUT2D eigenvalue weighted by molar-refractivity contribution is 9.10. The van der Waals surface area contributed by atoms with E-state index in [1.54, 1.807) is 9.25 Å². The van der Waals surface area contributed by atoms with Crippen LogP contribution in [0, 0.1) is 0 Å². The Morgan fingerprint density at radius 1 is 1.07 bits per heavy atom. The van der Waals surface area contributed by atoms with Gasteiger partial charge in [0.25, 0.3) is 5.91 Å². The van der Waals surface area contributed by atoms with Crippen LogP contribution in [0.2, 0.25) is 0 Å². The number of aromatic nitrogens is 3. The van der Waals surface area contributed by atoms with E-state index in [-0.39, 0.29) is 17.5 Å². The molecule has 1 aliphatic heterocycles. The van der Waals surface area contributed by atoms with Gasteiger partial charge in [0.15, 0.2) is 0 Å². The third-order valence-electron chi connectivity index (χ3n) is 5.69. The van der Waals surface area contributed by atoms with Gasteiger partial charge < -0.3 is 4.90 Å². The molecule has 0 spiro atoms. The average Bonchev–Trinajstić information content (AvgIpc) is 3.09. The summed E-state index contributed by atoms with van der Waals surface area (Å²) in [7, 11) is 0. The van der Waals surface area contributed by atoms with E-state index < -0.39 is 0 Å². The van der Waals surface area contributed by atoms with Gasteiger partial charge in [-0.15, -0.1) is 0 Å². The fraction of sp³-hybridized carbons (Fsp3) is 0.348.